The molecule has 1 aromatic heterocycles. The van der Waals surface area contributed by atoms with E-state index < -0.39 is 27.1 Å². The summed E-state index contributed by atoms with van der Waals surface area (Å²) in [6, 6.07) is 10.1. The molecular weight excluding hydrogens is 406 g/mol. The first-order chi connectivity index (χ1) is 12.6. The zero-order valence-corrected chi connectivity index (χ0v) is 15.3. The Morgan fingerprint density at radius 2 is 1.52 bits per heavy atom. The first kappa shape index (κ1) is 19.5. The van der Waals surface area contributed by atoms with E-state index in [0.29, 0.717) is 22.5 Å². The molecule has 0 radical (unpaired) electrons. The molecule has 10 heteroatoms. The normalized spacial score (nSPS) is 12.3. The van der Waals surface area contributed by atoms with Crippen molar-refractivity contribution in [3.8, 4) is 21.7 Å². The van der Waals surface area contributed by atoms with E-state index in [-0.39, 0.29) is 15.5 Å². The second kappa shape index (κ2) is 7.02. The molecule has 0 spiro atoms. The van der Waals surface area contributed by atoms with Crippen LogP contribution in [-0.4, -0.2) is 20.5 Å². The highest BCUT2D eigenvalue weighted by Crippen LogP contribution is 2.42. The zero-order chi connectivity index (χ0) is 19.8. The number of halogens is 4. The fourth-order valence-electron chi connectivity index (χ4n) is 2.31. The lowest BCUT2D eigenvalue weighted by molar-refractivity contribution is -0.137. The maximum atomic E-state index is 13.1. The Morgan fingerprint density at radius 3 is 2.04 bits per heavy atom. The van der Waals surface area contributed by atoms with Crippen LogP contribution >= 0.6 is 11.3 Å². The van der Waals surface area contributed by atoms with Gasteiger partial charge in [-0.25, -0.2) is 9.37 Å². The molecule has 0 saturated carbocycles. The summed E-state index contributed by atoms with van der Waals surface area (Å²) < 4.78 is 80.3. The van der Waals surface area contributed by atoms with E-state index in [1.54, 1.807) is 0 Å². The van der Waals surface area contributed by atoms with Gasteiger partial charge in [-0.05, 0) is 42.0 Å². The molecule has 4 nitrogen and oxygen atoms in total. The summed E-state index contributed by atoms with van der Waals surface area (Å²) in [6.45, 7) is 0. The molecule has 0 unspecified atom stereocenters. The van der Waals surface area contributed by atoms with Crippen LogP contribution < -0.4 is 0 Å². The Hall–Kier alpha value is -2.30. The third-order valence-electron chi connectivity index (χ3n) is 3.61. The highest BCUT2D eigenvalue weighted by Gasteiger charge is 2.36. The molecule has 0 N–H and O–H groups in total. The Balaban J connectivity index is 2.14. The topological polar surface area (TPSA) is 56.3 Å². The van der Waals surface area contributed by atoms with Crippen molar-refractivity contribution in [2.45, 2.75) is 11.1 Å². The minimum atomic E-state index is -4.64. The lowest BCUT2D eigenvalue weighted by atomic mass is 10.1. The van der Waals surface area contributed by atoms with Gasteiger partial charge in [-0.2, -0.15) is 21.6 Å². The molecule has 0 aliphatic heterocycles. The van der Waals surface area contributed by atoms with E-state index >= 15 is 0 Å². The van der Waals surface area contributed by atoms with E-state index in [2.05, 4.69) is 9.17 Å². The third-order valence-corrected chi connectivity index (χ3v) is 6.05. The van der Waals surface area contributed by atoms with Crippen molar-refractivity contribution in [3.05, 3.63) is 59.4 Å². The summed E-state index contributed by atoms with van der Waals surface area (Å²) in [5.41, 5.74) is 0.693. The van der Waals surface area contributed by atoms with Gasteiger partial charge in [-0.15, -0.1) is 11.3 Å². The van der Waals surface area contributed by atoms with Crippen molar-refractivity contribution >= 4 is 21.5 Å². The molecule has 3 rings (SSSR count). The summed E-state index contributed by atoms with van der Waals surface area (Å²) in [5, 5.41) is -1.05. The molecule has 0 aliphatic rings. The Labute approximate surface area is 156 Å². The third kappa shape index (κ3) is 4.02. The van der Waals surface area contributed by atoms with E-state index in [4.69, 9.17) is 0 Å². The fraction of sp³-hybridized carbons (Fsp3) is 0.118. The van der Waals surface area contributed by atoms with Gasteiger partial charge in [0.15, 0.2) is 5.01 Å². The van der Waals surface area contributed by atoms with E-state index in [0.717, 1.165) is 19.2 Å². The van der Waals surface area contributed by atoms with Gasteiger partial charge in [-0.3, -0.25) is 4.18 Å². The summed E-state index contributed by atoms with van der Waals surface area (Å²) >= 11 is 0.427. The van der Waals surface area contributed by atoms with Gasteiger partial charge in [-0.1, -0.05) is 12.1 Å². The Morgan fingerprint density at radius 1 is 0.963 bits per heavy atom. The summed E-state index contributed by atoms with van der Waals surface area (Å²) in [5.74, 6) is -0.527. The van der Waals surface area contributed by atoms with Gasteiger partial charge in [0, 0.05) is 5.56 Å². The molecule has 0 fully saturated rings. The van der Waals surface area contributed by atoms with Crippen molar-refractivity contribution in [1.29, 1.82) is 0 Å². The fourth-order valence-corrected chi connectivity index (χ4v) is 3.93. The maximum absolute atomic E-state index is 13.1. The SMILES string of the molecule is COS(=O)(=O)c1ccc(-c2sc(C(F)(F)F)nc2-c2ccc(F)cc2)cc1. The van der Waals surface area contributed by atoms with E-state index in [1.807, 2.05) is 0 Å². The van der Waals surface area contributed by atoms with Crippen molar-refractivity contribution in [3.63, 3.8) is 0 Å². The second-order valence-corrected chi connectivity index (χ2v) is 8.06. The molecule has 3 aromatic rings. The quantitative estimate of drug-likeness (QED) is 0.444. The van der Waals surface area contributed by atoms with Gasteiger partial charge in [0.05, 0.1) is 22.6 Å². The number of alkyl halides is 3. The first-order valence-corrected chi connectivity index (χ1v) is 9.59. The van der Waals surface area contributed by atoms with Gasteiger partial charge < -0.3 is 0 Å². The number of benzene rings is 2. The van der Waals surface area contributed by atoms with Crippen LogP contribution in [0.2, 0.25) is 0 Å². The van der Waals surface area contributed by atoms with Crippen LogP contribution in [0.1, 0.15) is 5.01 Å². The van der Waals surface area contributed by atoms with Crippen LogP contribution in [0.15, 0.2) is 53.4 Å². The summed E-state index contributed by atoms with van der Waals surface area (Å²) in [6.07, 6.45) is -4.64. The largest absolute Gasteiger partial charge is 0.443 e. The predicted molar refractivity (Wildman–Crippen MR) is 92.1 cm³/mol. The zero-order valence-electron chi connectivity index (χ0n) is 13.6. The van der Waals surface area contributed by atoms with Gasteiger partial charge >= 0.3 is 6.18 Å². The van der Waals surface area contributed by atoms with Crippen molar-refractivity contribution in [2.24, 2.45) is 0 Å². The molecule has 1 heterocycles. The average Bonchev–Trinajstić information content (AvgIpc) is 3.08. The molecule has 0 amide bonds. The number of rotatable bonds is 4. The molecule has 2 aromatic carbocycles. The van der Waals surface area contributed by atoms with Crippen molar-refractivity contribution in [2.75, 3.05) is 7.11 Å². The van der Waals surface area contributed by atoms with Gasteiger partial charge in [0.1, 0.15) is 5.82 Å². The molecule has 0 saturated heterocycles. The Bertz CT molecular complexity index is 1060. The summed E-state index contributed by atoms with van der Waals surface area (Å²) in [7, 11) is -2.91. The lowest BCUT2D eigenvalue weighted by Crippen LogP contribution is -2.03. The van der Waals surface area contributed by atoms with Gasteiger partial charge in [0.2, 0.25) is 0 Å². The van der Waals surface area contributed by atoms with Crippen LogP contribution in [0, 0.1) is 5.82 Å². The molecule has 0 bridgehead atoms. The number of hydrogen-bond donors (Lipinski definition) is 0. The van der Waals surface area contributed by atoms with Crippen LogP contribution in [0.25, 0.3) is 21.7 Å². The van der Waals surface area contributed by atoms with Gasteiger partial charge in [0.25, 0.3) is 10.1 Å². The second-order valence-electron chi connectivity index (χ2n) is 5.35. The van der Waals surface area contributed by atoms with E-state index in [1.165, 1.54) is 36.4 Å². The lowest BCUT2D eigenvalue weighted by Gasteiger charge is -2.05. The standard InChI is InChI=1S/C17H11F4NO3S2/c1-25-27(23,24)13-8-4-11(5-9-13)15-14(10-2-6-12(18)7-3-10)22-16(26-15)17(19,20)21/h2-9H,1H3. The number of hydrogen-bond acceptors (Lipinski definition) is 5. The average molecular weight is 417 g/mol. The van der Waals surface area contributed by atoms with Crippen molar-refractivity contribution in [1.82, 2.24) is 4.98 Å². The van der Waals surface area contributed by atoms with Crippen LogP contribution in [0.5, 0.6) is 0 Å². The highest BCUT2D eigenvalue weighted by molar-refractivity contribution is 7.86. The smallest absolute Gasteiger partial charge is 0.270 e. The highest BCUT2D eigenvalue weighted by atomic mass is 32.2. The Kier molecular flexibility index (Phi) is 5.06. The molecule has 142 valence electrons. The monoisotopic (exact) mass is 417 g/mol. The van der Waals surface area contributed by atoms with Crippen LogP contribution in [-0.2, 0) is 20.5 Å². The first-order valence-electron chi connectivity index (χ1n) is 7.37. The predicted octanol–water partition coefficient (Wildman–Crippen LogP) is 4.97. The molecular formula is C17H11F4NO3S2. The van der Waals surface area contributed by atoms with E-state index in [9.17, 15) is 26.0 Å². The van der Waals surface area contributed by atoms with Crippen LogP contribution in [0.4, 0.5) is 17.6 Å². The molecule has 0 aliphatic carbocycles. The minimum Gasteiger partial charge on any atom is -0.270 e. The summed E-state index contributed by atoms with van der Waals surface area (Å²) in [4.78, 5) is 3.74. The molecule has 0 atom stereocenters. The number of thiazole rings is 1. The number of nitrogens with zero attached hydrogens (tertiary/aromatic N) is 1. The maximum Gasteiger partial charge on any atom is 0.443 e. The van der Waals surface area contributed by atoms with Crippen molar-refractivity contribution < 1.29 is 30.2 Å². The van der Waals surface area contributed by atoms with Crippen LogP contribution in [0.3, 0.4) is 0 Å². The number of aromatic nitrogens is 1. The molecule has 27 heavy (non-hydrogen) atoms. The minimum absolute atomic E-state index is 0.0367.